The summed E-state index contributed by atoms with van der Waals surface area (Å²) < 4.78 is 10.2. The number of ether oxygens (including phenoxy) is 1. The molecule has 0 saturated carbocycles. The molecule has 2 saturated heterocycles. The number of aromatic nitrogens is 1. The number of amides is 1. The van der Waals surface area contributed by atoms with Gasteiger partial charge in [-0.05, 0) is 48.7 Å². The Kier molecular flexibility index (Phi) is 3.67. The van der Waals surface area contributed by atoms with Crippen LogP contribution in [0.2, 0.25) is 0 Å². The van der Waals surface area contributed by atoms with Gasteiger partial charge in [0.1, 0.15) is 11.8 Å². The molecule has 3 heterocycles. The Morgan fingerprint density at radius 1 is 1.38 bits per heavy atom. The minimum atomic E-state index is -0.0749. The lowest BCUT2D eigenvalue weighted by molar-refractivity contribution is 0.0931. The van der Waals surface area contributed by atoms with Crippen molar-refractivity contribution in [2.75, 3.05) is 0 Å². The van der Waals surface area contributed by atoms with Crippen LogP contribution in [0, 0.1) is 11.3 Å². The van der Waals surface area contributed by atoms with Gasteiger partial charge >= 0.3 is 0 Å². The van der Waals surface area contributed by atoms with Gasteiger partial charge in [0.15, 0.2) is 0 Å². The van der Waals surface area contributed by atoms with Gasteiger partial charge in [-0.1, -0.05) is 0 Å². The molecule has 122 valence electrons. The fraction of sp³-hybridized carbons (Fsp3) is 0.353. The van der Waals surface area contributed by atoms with Gasteiger partial charge in [0, 0.05) is 23.7 Å². The largest absolute Gasteiger partial charge is 0.436 e. The highest BCUT2D eigenvalue weighted by molar-refractivity contribution is 5.94. The van der Waals surface area contributed by atoms with Crippen molar-refractivity contribution in [3.63, 3.8) is 0 Å². The van der Waals surface area contributed by atoms with Gasteiger partial charge < -0.3 is 19.9 Å². The average molecular weight is 324 g/mol. The lowest BCUT2D eigenvalue weighted by Crippen LogP contribution is -2.42. The first-order chi connectivity index (χ1) is 11.7. The number of rotatable bonds is 4. The van der Waals surface area contributed by atoms with E-state index in [0.29, 0.717) is 23.4 Å². The minimum Gasteiger partial charge on any atom is -0.436 e. The number of fused-ring (bicyclic) bond motifs is 2. The first-order valence-corrected chi connectivity index (χ1v) is 7.93. The predicted octanol–water partition coefficient (Wildman–Crippen LogP) is 1.96. The van der Waals surface area contributed by atoms with Crippen LogP contribution in [0.3, 0.4) is 0 Å². The first-order valence-electron chi connectivity index (χ1n) is 7.93. The summed E-state index contributed by atoms with van der Waals surface area (Å²) in [5.41, 5.74) is 0.586. The van der Waals surface area contributed by atoms with E-state index in [2.05, 4.69) is 15.8 Å². The van der Waals surface area contributed by atoms with Crippen LogP contribution in [0.5, 0.6) is 11.6 Å². The molecule has 7 heteroatoms. The van der Waals surface area contributed by atoms with Crippen molar-refractivity contribution in [3.05, 3.63) is 41.7 Å². The highest BCUT2D eigenvalue weighted by Gasteiger charge is 2.39. The van der Waals surface area contributed by atoms with Gasteiger partial charge in [-0.15, -0.1) is 0 Å². The van der Waals surface area contributed by atoms with E-state index in [4.69, 9.17) is 14.5 Å². The molecule has 2 fully saturated rings. The van der Waals surface area contributed by atoms with Crippen LogP contribution in [0.25, 0.3) is 0 Å². The lowest BCUT2D eigenvalue weighted by Gasteiger charge is -2.21. The molecular weight excluding hydrogens is 308 g/mol. The number of hydrogen-bond donors (Lipinski definition) is 2. The van der Waals surface area contributed by atoms with Crippen molar-refractivity contribution in [3.8, 4) is 17.7 Å². The predicted molar refractivity (Wildman–Crippen MR) is 83.6 cm³/mol. The van der Waals surface area contributed by atoms with Gasteiger partial charge in [0.2, 0.25) is 5.76 Å². The van der Waals surface area contributed by atoms with Crippen molar-refractivity contribution >= 4 is 5.91 Å². The molecule has 1 aromatic carbocycles. The maximum atomic E-state index is 12.3. The fourth-order valence-electron chi connectivity index (χ4n) is 3.39. The molecule has 24 heavy (non-hydrogen) atoms. The minimum absolute atomic E-state index is 0.0749. The molecule has 3 atom stereocenters. The van der Waals surface area contributed by atoms with Crippen LogP contribution in [0.4, 0.5) is 0 Å². The molecule has 2 aliphatic rings. The summed E-state index contributed by atoms with van der Waals surface area (Å²) in [5.74, 6) is 0.734. The van der Waals surface area contributed by atoms with Gasteiger partial charge in [0.05, 0.1) is 6.07 Å². The number of nitrogens with one attached hydrogen (secondary N) is 2. The molecule has 7 nitrogen and oxygen atoms in total. The van der Waals surface area contributed by atoms with E-state index in [0.717, 1.165) is 12.8 Å². The van der Waals surface area contributed by atoms with Crippen molar-refractivity contribution < 1.29 is 14.1 Å². The molecule has 4 rings (SSSR count). The van der Waals surface area contributed by atoms with E-state index < -0.39 is 0 Å². The lowest BCUT2D eigenvalue weighted by atomic mass is 9.95. The molecule has 2 bridgehead atoms. The van der Waals surface area contributed by atoms with Crippen LogP contribution in [0.15, 0.2) is 34.9 Å². The summed E-state index contributed by atoms with van der Waals surface area (Å²) in [6, 6.07) is 11.2. The van der Waals surface area contributed by atoms with E-state index in [-0.39, 0.29) is 23.6 Å². The first kappa shape index (κ1) is 14.7. The number of benzene rings is 1. The fourth-order valence-corrected chi connectivity index (χ4v) is 3.39. The average Bonchev–Trinajstić information content (AvgIpc) is 3.32. The molecule has 0 spiro atoms. The smallest absolute Gasteiger partial charge is 0.260 e. The van der Waals surface area contributed by atoms with Gasteiger partial charge in [-0.25, -0.2) is 0 Å². The van der Waals surface area contributed by atoms with Crippen LogP contribution >= 0.6 is 0 Å². The van der Waals surface area contributed by atoms with Gasteiger partial charge in [-0.2, -0.15) is 5.26 Å². The second kappa shape index (κ2) is 5.98. The third-order valence-electron chi connectivity index (χ3n) is 4.55. The molecule has 0 radical (unpaired) electrons. The van der Waals surface area contributed by atoms with Gasteiger partial charge in [0.25, 0.3) is 11.8 Å². The Labute approximate surface area is 138 Å². The molecule has 1 amide bonds. The van der Waals surface area contributed by atoms with Crippen molar-refractivity contribution in [1.82, 2.24) is 15.8 Å². The molecule has 3 unspecified atom stereocenters. The van der Waals surface area contributed by atoms with Crippen molar-refractivity contribution in [2.24, 2.45) is 0 Å². The summed E-state index contributed by atoms with van der Waals surface area (Å²) in [6.45, 7) is 0. The van der Waals surface area contributed by atoms with Crippen molar-refractivity contribution in [1.29, 1.82) is 5.26 Å². The van der Waals surface area contributed by atoms with Crippen LogP contribution in [-0.2, 0) is 0 Å². The topological polar surface area (TPSA) is 100 Å². The number of carbonyl (C=O) groups is 1. The van der Waals surface area contributed by atoms with Crippen molar-refractivity contribution in [2.45, 2.75) is 37.4 Å². The maximum absolute atomic E-state index is 12.3. The zero-order valence-corrected chi connectivity index (χ0v) is 12.9. The summed E-state index contributed by atoms with van der Waals surface area (Å²) in [4.78, 5) is 12.3. The highest BCUT2D eigenvalue weighted by Crippen LogP contribution is 2.28. The molecule has 2 aromatic rings. The number of nitriles is 1. The third-order valence-corrected chi connectivity index (χ3v) is 4.55. The second-order valence-electron chi connectivity index (χ2n) is 6.13. The summed E-state index contributed by atoms with van der Waals surface area (Å²) >= 11 is 0. The zero-order chi connectivity index (χ0) is 16.5. The van der Waals surface area contributed by atoms with E-state index in [9.17, 15) is 4.79 Å². The molecule has 2 aliphatic heterocycles. The molecule has 0 aliphatic carbocycles. The quantitative estimate of drug-likeness (QED) is 0.892. The van der Waals surface area contributed by atoms with Gasteiger partial charge in [-0.3, -0.25) is 4.79 Å². The molecular formula is C17H16N4O3. The Morgan fingerprint density at radius 3 is 2.83 bits per heavy atom. The highest BCUT2D eigenvalue weighted by atomic mass is 16.5. The molecule has 2 N–H and O–H groups in total. The van der Waals surface area contributed by atoms with E-state index in [1.807, 2.05) is 6.07 Å². The number of nitrogens with zero attached hydrogens (tertiary/aromatic N) is 2. The molecule has 1 aromatic heterocycles. The number of carbonyl (C=O) groups excluding carboxylic acids is 1. The normalized spacial score (nSPS) is 24.5. The Balaban J connectivity index is 1.38. The number of hydrogen-bond acceptors (Lipinski definition) is 6. The summed E-state index contributed by atoms with van der Waals surface area (Å²) in [7, 11) is 0. The van der Waals surface area contributed by atoms with E-state index in [1.165, 1.54) is 12.5 Å². The van der Waals surface area contributed by atoms with E-state index in [1.54, 1.807) is 24.3 Å². The second-order valence-corrected chi connectivity index (χ2v) is 6.13. The summed E-state index contributed by atoms with van der Waals surface area (Å²) in [6.07, 6.45) is 3.34. The monoisotopic (exact) mass is 324 g/mol. The third kappa shape index (κ3) is 2.84. The standard InChI is InChI=1S/C17H16N4O3/c18-9-13-8-16(21-24-13)23-12-4-1-10(2-5-12)17(22)20-15-7-11-3-6-14(15)19-11/h1-2,4-5,8,11,14-15,19H,3,6-7H2,(H,20,22). The zero-order valence-electron chi connectivity index (χ0n) is 12.9. The van der Waals surface area contributed by atoms with Crippen LogP contribution in [0.1, 0.15) is 35.4 Å². The summed E-state index contributed by atoms with van der Waals surface area (Å²) in [5, 5.41) is 18.9. The Hall–Kier alpha value is -2.85. The maximum Gasteiger partial charge on any atom is 0.260 e. The Morgan fingerprint density at radius 2 is 2.21 bits per heavy atom. The Bertz CT molecular complexity index is 793. The van der Waals surface area contributed by atoms with Crippen LogP contribution in [-0.4, -0.2) is 29.2 Å². The van der Waals surface area contributed by atoms with Crippen LogP contribution < -0.4 is 15.4 Å². The SMILES string of the molecule is N#Cc1cc(Oc2ccc(C(=O)NC3CC4CCC3N4)cc2)no1. The van der Waals surface area contributed by atoms with E-state index >= 15 is 0 Å².